The Labute approximate surface area is 234 Å². The van der Waals surface area contributed by atoms with Crippen LogP contribution in [0.5, 0.6) is 5.75 Å². The van der Waals surface area contributed by atoms with Gasteiger partial charge in [-0.15, -0.1) is 0 Å². The van der Waals surface area contributed by atoms with Crippen molar-refractivity contribution >= 4 is 42.7 Å². The van der Waals surface area contributed by atoms with Crippen molar-refractivity contribution in [3.8, 4) is 16.9 Å². The van der Waals surface area contributed by atoms with Gasteiger partial charge in [-0.25, -0.2) is 13.4 Å². The van der Waals surface area contributed by atoms with Gasteiger partial charge in [-0.1, -0.05) is 35.6 Å². The second-order valence-corrected chi connectivity index (χ2v) is 13.8. The highest BCUT2D eigenvalue weighted by Gasteiger charge is 2.20. The number of benzene rings is 4. The van der Waals surface area contributed by atoms with Crippen LogP contribution in [0.15, 0.2) is 89.8 Å². The molecule has 38 heavy (non-hydrogen) atoms. The van der Waals surface area contributed by atoms with E-state index in [4.69, 9.17) is 4.74 Å². The lowest BCUT2D eigenvalue weighted by Gasteiger charge is -2.11. The van der Waals surface area contributed by atoms with Gasteiger partial charge in [0.1, 0.15) is 15.9 Å². The molecular weight excluding hydrogens is 635 g/mol. The van der Waals surface area contributed by atoms with Gasteiger partial charge in [-0.2, -0.15) is 0 Å². The molecule has 1 heterocycles. The number of aryl methyl sites for hydroxylation is 1. The minimum Gasteiger partial charge on any atom is -0.744 e. The lowest BCUT2D eigenvalue weighted by atomic mass is 10.0. The predicted molar refractivity (Wildman–Crippen MR) is 143 cm³/mol. The van der Waals surface area contributed by atoms with Gasteiger partial charge in [0.25, 0.3) is 5.91 Å². The second-order valence-electron chi connectivity index (χ2n) is 8.35. The third-order valence-corrected chi connectivity index (χ3v) is 10.1. The maximum absolute atomic E-state index is 13.0. The van der Waals surface area contributed by atoms with Gasteiger partial charge >= 0.3 is 21.2 Å². The Kier molecular flexibility index (Phi) is 7.48. The normalized spacial score (nSPS) is 11.4. The van der Waals surface area contributed by atoms with Crippen LogP contribution in [0.3, 0.4) is 0 Å². The molecule has 0 fully saturated rings. The fourth-order valence-electron chi connectivity index (χ4n) is 3.85. The van der Waals surface area contributed by atoms with Crippen molar-refractivity contribution in [3.05, 3.63) is 103 Å². The number of halogens is 1. The van der Waals surface area contributed by atoms with Crippen LogP contribution in [0.25, 0.3) is 21.3 Å². The molecule has 1 aromatic heterocycles. The zero-order valence-corrected chi connectivity index (χ0v) is 24.1. The summed E-state index contributed by atoms with van der Waals surface area (Å²) < 4.78 is 42.9. The van der Waals surface area contributed by atoms with E-state index in [-0.39, 0.29) is 10.8 Å². The minimum atomic E-state index is -4.55. The van der Waals surface area contributed by atoms with E-state index in [1.54, 1.807) is 19.2 Å². The number of hydrogen-bond acceptors (Lipinski definition) is 7. The van der Waals surface area contributed by atoms with E-state index >= 15 is 0 Å². The molecule has 0 bridgehead atoms. The Bertz CT molecular complexity index is 1780. The monoisotopic (exact) mass is 656 g/mol. The van der Waals surface area contributed by atoms with E-state index in [9.17, 15) is 17.8 Å². The lowest BCUT2D eigenvalue weighted by molar-refractivity contribution is -0.597. The molecule has 192 valence electrons. The number of nitrogens with zero attached hydrogens (tertiary/aromatic N) is 1. The Balaban J connectivity index is 1.35. The van der Waals surface area contributed by atoms with Gasteiger partial charge in [0.05, 0.1) is 22.2 Å². The van der Waals surface area contributed by atoms with Crippen LogP contribution >= 0.6 is 11.3 Å². The molecule has 0 spiro atoms. The average Bonchev–Trinajstić information content (AvgIpc) is 3.30. The first kappa shape index (κ1) is 26.3. The molecule has 0 radical (unpaired) electrons. The topological polar surface area (TPSA) is 108 Å². The van der Waals surface area contributed by atoms with E-state index in [1.165, 1.54) is 23.5 Å². The number of hydrogen-bond donors (Lipinski definition) is 1. The molecule has 0 atom stereocenters. The Morgan fingerprint density at radius 1 is 0.974 bits per heavy atom. The molecule has 0 saturated carbocycles. The van der Waals surface area contributed by atoms with Crippen LogP contribution in [-0.4, -0.2) is 31.0 Å². The largest absolute Gasteiger partial charge is 0.744 e. The summed E-state index contributed by atoms with van der Waals surface area (Å²) in [4.78, 5) is 17.2. The molecule has 1 amide bonds. The molecular formula is C28H21IN2O5S2. The Morgan fingerprint density at radius 3 is 2.50 bits per heavy atom. The number of fused-ring (bicyclic) bond motifs is 1. The Morgan fingerprint density at radius 2 is 1.74 bits per heavy atom. The third-order valence-electron chi connectivity index (χ3n) is 5.75. The number of thiazole rings is 1. The highest BCUT2D eigenvalue weighted by Crippen LogP contribution is 2.29. The van der Waals surface area contributed by atoms with E-state index < -0.39 is 31.3 Å². The van der Waals surface area contributed by atoms with Gasteiger partial charge in [-0.05, 0) is 78.2 Å². The van der Waals surface area contributed by atoms with Crippen molar-refractivity contribution in [2.45, 2.75) is 11.8 Å². The highest BCUT2D eigenvalue weighted by molar-refractivity contribution is 7.85. The van der Waals surface area contributed by atoms with Crippen molar-refractivity contribution in [2.75, 3.05) is 12.4 Å². The molecule has 0 aliphatic carbocycles. The van der Waals surface area contributed by atoms with Crippen molar-refractivity contribution in [3.63, 3.8) is 0 Å². The number of carbonyl (C=O) groups excluding carboxylic acids is 1. The van der Waals surface area contributed by atoms with Crippen LogP contribution in [-0.2, 0) is 10.1 Å². The summed E-state index contributed by atoms with van der Waals surface area (Å²) in [5.41, 5.74) is 3.75. The van der Waals surface area contributed by atoms with Gasteiger partial charge < -0.3 is 9.29 Å². The number of anilines is 1. The number of nitrogens with one attached hydrogen (secondary N) is 1. The van der Waals surface area contributed by atoms with Crippen molar-refractivity contribution in [1.29, 1.82) is 0 Å². The molecule has 5 rings (SSSR count). The smallest absolute Gasteiger partial charge is 0.357 e. The third kappa shape index (κ3) is 5.88. The summed E-state index contributed by atoms with van der Waals surface area (Å²) in [5, 5.41) is 3.41. The fraction of sp³-hybridized carbons (Fsp3) is 0.0714. The molecule has 0 unspecified atom stereocenters. The number of carbonyl (C=O) groups is 1. The van der Waals surface area contributed by atoms with Gasteiger partial charge in [0, 0.05) is 11.6 Å². The molecule has 4 aromatic carbocycles. The summed E-state index contributed by atoms with van der Waals surface area (Å²) in [6, 6.07) is 25.4. The first-order valence-electron chi connectivity index (χ1n) is 11.4. The maximum Gasteiger partial charge on any atom is 0.357 e. The van der Waals surface area contributed by atoms with E-state index in [2.05, 4.69) is 10.3 Å². The van der Waals surface area contributed by atoms with Crippen molar-refractivity contribution < 1.29 is 43.7 Å². The predicted octanol–water partition coefficient (Wildman–Crippen LogP) is 2.57. The van der Waals surface area contributed by atoms with E-state index in [0.29, 0.717) is 16.3 Å². The summed E-state index contributed by atoms with van der Waals surface area (Å²) in [7, 11) is -2.94. The van der Waals surface area contributed by atoms with Gasteiger partial charge in [0.2, 0.25) is 0 Å². The molecule has 0 aliphatic heterocycles. The molecule has 1 N–H and O–H groups in total. The molecule has 10 heteroatoms. The SMILES string of the molecule is COc1ccc2nc(NC(=O)c3cccc([I+]c4cccc(-c5cc(S(=O)(=O)[O-])ccc5C)c4)c3)sc2c1. The van der Waals surface area contributed by atoms with Crippen LogP contribution < -0.4 is 31.3 Å². The number of ether oxygens (including phenoxy) is 1. The van der Waals surface area contributed by atoms with E-state index in [1.807, 2.05) is 67.6 Å². The van der Waals surface area contributed by atoms with Crippen molar-refractivity contribution in [1.82, 2.24) is 4.98 Å². The van der Waals surface area contributed by atoms with Crippen LogP contribution in [0.2, 0.25) is 0 Å². The molecule has 7 nitrogen and oxygen atoms in total. The zero-order valence-electron chi connectivity index (χ0n) is 20.3. The summed E-state index contributed by atoms with van der Waals surface area (Å²) in [6.07, 6.45) is 0. The number of rotatable bonds is 7. The number of methoxy groups -OCH3 is 1. The summed E-state index contributed by atoms with van der Waals surface area (Å²) in [6.45, 7) is 1.88. The number of aromatic nitrogens is 1. The first-order valence-corrected chi connectivity index (χ1v) is 15.8. The molecule has 5 aromatic rings. The maximum atomic E-state index is 13.0. The quantitative estimate of drug-likeness (QED) is 0.213. The lowest BCUT2D eigenvalue weighted by Crippen LogP contribution is -3.61. The molecule has 0 saturated heterocycles. The van der Waals surface area contributed by atoms with Crippen LogP contribution in [0.4, 0.5) is 5.13 Å². The first-order chi connectivity index (χ1) is 18.2. The summed E-state index contributed by atoms with van der Waals surface area (Å²) >= 11 is 0.753. The van der Waals surface area contributed by atoms with E-state index in [0.717, 1.165) is 34.2 Å². The van der Waals surface area contributed by atoms with Gasteiger partial charge in [0.15, 0.2) is 12.3 Å². The highest BCUT2D eigenvalue weighted by atomic mass is 127. The molecule has 0 aliphatic rings. The Hall–Kier alpha value is -3.32. The summed E-state index contributed by atoms with van der Waals surface area (Å²) in [5.74, 6) is 0.500. The zero-order chi connectivity index (χ0) is 26.9. The fourth-order valence-corrected chi connectivity index (χ4v) is 7.71. The van der Waals surface area contributed by atoms with Gasteiger partial charge in [-0.3, -0.25) is 10.1 Å². The van der Waals surface area contributed by atoms with Crippen LogP contribution in [0, 0.1) is 14.1 Å². The van der Waals surface area contributed by atoms with Crippen molar-refractivity contribution in [2.24, 2.45) is 0 Å². The average molecular weight is 657 g/mol. The standard InChI is InChI=1S/C28H21IN2O5S2/c1-17-9-11-23(38(33,34)35)16-24(17)18-5-3-7-20(13-18)29-21-8-4-6-19(14-21)27(32)31-28-30-25-12-10-22(36-2)15-26(25)37-28/h3-16H,1-2H3,(H-,30,31,32,33,34,35). The minimum absolute atomic E-state index is 0.234. The van der Waals surface area contributed by atoms with Crippen LogP contribution in [0.1, 0.15) is 15.9 Å². The second kappa shape index (κ2) is 10.8. The number of amides is 1.